The zero-order chi connectivity index (χ0) is 13.0. The first-order chi connectivity index (χ1) is 8.72. The van der Waals surface area contributed by atoms with Gasteiger partial charge in [-0.2, -0.15) is 0 Å². The predicted octanol–water partition coefficient (Wildman–Crippen LogP) is 3.69. The molecule has 0 aliphatic heterocycles. The monoisotopic (exact) mass is 261 g/mol. The fourth-order valence-corrected chi connectivity index (χ4v) is 2.11. The van der Waals surface area contributed by atoms with Gasteiger partial charge >= 0.3 is 0 Å². The molecule has 0 aliphatic rings. The molecular weight excluding hydrogens is 246 g/mol. The van der Waals surface area contributed by atoms with Gasteiger partial charge in [0, 0.05) is 23.7 Å². The van der Waals surface area contributed by atoms with E-state index in [1.807, 2.05) is 18.2 Å². The van der Waals surface area contributed by atoms with E-state index >= 15 is 0 Å². The minimum atomic E-state index is 0.591. The van der Waals surface area contributed by atoms with E-state index in [1.165, 1.54) is 10.8 Å². The Morgan fingerprint density at radius 1 is 1.28 bits per heavy atom. The number of hydrogen-bond acceptors (Lipinski definition) is 2. The number of hydrogen-bond donors (Lipinski definition) is 1. The Hall–Kier alpha value is -1.51. The second-order valence-corrected chi connectivity index (χ2v) is 4.62. The maximum atomic E-state index is 5.75. The third-order valence-corrected chi connectivity index (χ3v) is 2.97. The molecule has 0 radical (unpaired) electrons. The van der Waals surface area contributed by atoms with Gasteiger partial charge in [-0.25, -0.2) is 0 Å². The molecule has 2 aromatic carbocycles. The van der Waals surface area contributed by atoms with Gasteiger partial charge in [-0.1, -0.05) is 48.5 Å². The van der Waals surface area contributed by atoms with Crippen LogP contribution in [-0.4, -0.2) is 13.7 Å². The van der Waals surface area contributed by atoms with Crippen molar-refractivity contribution >= 4 is 22.4 Å². The maximum absolute atomic E-state index is 5.75. The fourth-order valence-electron chi connectivity index (χ4n) is 2.01. The van der Waals surface area contributed by atoms with Gasteiger partial charge in [-0.05, 0) is 16.8 Å². The minimum Gasteiger partial charge on any atom is -0.496 e. The smallest absolute Gasteiger partial charge is 0.123 e. The zero-order valence-electron chi connectivity index (χ0n) is 10.4. The van der Waals surface area contributed by atoms with Gasteiger partial charge in [0.15, 0.2) is 0 Å². The highest BCUT2D eigenvalue weighted by molar-refractivity contribution is 6.29. The molecule has 2 aromatic rings. The van der Waals surface area contributed by atoms with Crippen LogP contribution in [0, 0.1) is 0 Å². The van der Waals surface area contributed by atoms with E-state index in [9.17, 15) is 0 Å². The van der Waals surface area contributed by atoms with Crippen LogP contribution in [0.2, 0.25) is 0 Å². The van der Waals surface area contributed by atoms with Crippen LogP contribution in [0.4, 0.5) is 0 Å². The number of rotatable bonds is 5. The second kappa shape index (κ2) is 5.89. The largest absolute Gasteiger partial charge is 0.496 e. The molecule has 0 saturated heterocycles. The topological polar surface area (TPSA) is 21.3 Å². The third kappa shape index (κ3) is 2.84. The summed E-state index contributed by atoms with van der Waals surface area (Å²) in [6, 6.07) is 12.3. The summed E-state index contributed by atoms with van der Waals surface area (Å²) in [7, 11) is 1.69. The summed E-state index contributed by atoms with van der Waals surface area (Å²) in [4.78, 5) is 0. The molecule has 2 rings (SSSR count). The highest BCUT2D eigenvalue weighted by Gasteiger charge is 2.07. The summed E-state index contributed by atoms with van der Waals surface area (Å²) in [5, 5.41) is 6.27. The van der Waals surface area contributed by atoms with Gasteiger partial charge in [0.25, 0.3) is 0 Å². The first kappa shape index (κ1) is 12.9. The predicted molar refractivity (Wildman–Crippen MR) is 77.2 cm³/mol. The first-order valence-electron chi connectivity index (χ1n) is 5.81. The standard InChI is InChI=1S/C15H16ClNO/c1-11(16)9-17-10-14-13-6-4-3-5-12(13)7-8-15(14)18-2/h3-8,17H,1,9-10H2,2H3. The van der Waals surface area contributed by atoms with Crippen LogP contribution in [0.15, 0.2) is 48.0 Å². The quantitative estimate of drug-likeness (QED) is 0.886. The van der Waals surface area contributed by atoms with E-state index in [0.717, 1.165) is 11.3 Å². The van der Waals surface area contributed by atoms with E-state index in [-0.39, 0.29) is 0 Å². The van der Waals surface area contributed by atoms with Crippen molar-refractivity contribution in [1.29, 1.82) is 0 Å². The van der Waals surface area contributed by atoms with Crippen LogP contribution < -0.4 is 10.1 Å². The summed E-state index contributed by atoms with van der Waals surface area (Å²) in [5.41, 5.74) is 1.15. The number of fused-ring (bicyclic) bond motifs is 1. The van der Waals surface area contributed by atoms with E-state index in [0.29, 0.717) is 18.1 Å². The number of ether oxygens (including phenoxy) is 1. The number of methoxy groups -OCH3 is 1. The minimum absolute atomic E-state index is 0.591. The lowest BCUT2D eigenvalue weighted by molar-refractivity contribution is 0.409. The van der Waals surface area contributed by atoms with Crippen molar-refractivity contribution in [3.8, 4) is 5.75 Å². The van der Waals surface area contributed by atoms with Gasteiger partial charge < -0.3 is 10.1 Å². The van der Waals surface area contributed by atoms with Crippen molar-refractivity contribution in [1.82, 2.24) is 5.32 Å². The van der Waals surface area contributed by atoms with Gasteiger partial charge in [-0.15, -0.1) is 0 Å². The number of benzene rings is 2. The molecular formula is C15H16ClNO. The van der Waals surface area contributed by atoms with E-state index in [1.54, 1.807) is 7.11 Å². The van der Waals surface area contributed by atoms with Crippen molar-refractivity contribution in [2.24, 2.45) is 0 Å². The van der Waals surface area contributed by atoms with Crippen LogP contribution in [0.1, 0.15) is 5.56 Å². The summed E-state index contributed by atoms with van der Waals surface area (Å²) < 4.78 is 5.42. The van der Waals surface area contributed by atoms with Gasteiger partial charge in [-0.3, -0.25) is 0 Å². The number of nitrogens with one attached hydrogen (secondary N) is 1. The van der Waals surface area contributed by atoms with E-state index < -0.39 is 0 Å². The van der Waals surface area contributed by atoms with Crippen molar-refractivity contribution in [3.05, 3.63) is 53.6 Å². The normalized spacial score (nSPS) is 10.6. The molecule has 0 aromatic heterocycles. The molecule has 0 heterocycles. The van der Waals surface area contributed by atoms with Crippen LogP contribution >= 0.6 is 11.6 Å². The summed E-state index contributed by atoms with van der Waals surface area (Å²) >= 11 is 5.75. The molecule has 94 valence electrons. The Bertz CT molecular complexity index is 565. The van der Waals surface area contributed by atoms with Crippen LogP contribution in [0.5, 0.6) is 5.75 Å². The van der Waals surface area contributed by atoms with Crippen molar-refractivity contribution in [3.63, 3.8) is 0 Å². The molecule has 0 fully saturated rings. The Labute approximate surface area is 112 Å². The lowest BCUT2D eigenvalue weighted by Gasteiger charge is -2.12. The van der Waals surface area contributed by atoms with Crippen molar-refractivity contribution in [2.45, 2.75) is 6.54 Å². The first-order valence-corrected chi connectivity index (χ1v) is 6.19. The van der Waals surface area contributed by atoms with Crippen LogP contribution in [0.25, 0.3) is 10.8 Å². The Morgan fingerprint density at radius 3 is 2.78 bits per heavy atom. The Morgan fingerprint density at radius 2 is 2.06 bits per heavy atom. The summed E-state index contributed by atoms with van der Waals surface area (Å²) in [6.45, 7) is 4.96. The molecule has 1 N–H and O–H groups in total. The molecule has 0 amide bonds. The van der Waals surface area contributed by atoms with Gasteiger partial charge in [0.2, 0.25) is 0 Å². The average Bonchev–Trinajstić information content (AvgIpc) is 2.38. The van der Waals surface area contributed by atoms with E-state index in [2.05, 4.69) is 30.1 Å². The highest BCUT2D eigenvalue weighted by atomic mass is 35.5. The van der Waals surface area contributed by atoms with Crippen molar-refractivity contribution < 1.29 is 4.74 Å². The lowest BCUT2D eigenvalue weighted by Crippen LogP contribution is -2.15. The third-order valence-electron chi connectivity index (χ3n) is 2.84. The zero-order valence-corrected chi connectivity index (χ0v) is 11.1. The van der Waals surface area contributed by atoms with Crippen molar-refractivity contribution in [2.75, 3.05) is 13.7 Å². The average molecular weight is 262 g/mol. The molecule has 0 spiro atoms. The molecule has 2 nitrogen and oxygen atoms in total. The highest BCUT2D eigenvalue weighted by Crippen LogP contribution is 2.27. The van der Waals surface area contributed by atoms with Crippen LogP contribution in [0.3, 0.4) is 0 Å². The van der Waals surface area contributed by atoms with Crippen LogP contribution in [-0.2, 0) is 6.54 Å². The molecule has 0 saturated carbocycles. The SMILES string of the molecule is C=C(Cl)CNCc1c(OC)ccc2ccccc12. The number of halogens is 1. The summed E-state index contributed by atoms with van der Waals surface area (Å²) in [5.74, 6) is 0.890. The second-order valence-electron chi connectivity index (χ2n) is 4.09. The molecule has 0 atom stereocenters. The molecule has 18 heavy (non-hydrogen) atoms. The van der Waals surface area contributed by atoms with E-state index in [4.69, 9.17) is 16.3 Å². The molecule has 3 heteroatoms. The van der Waals surface area contributed by atoms with Gasteiger partial charge in [0.1, 0.15) is 5.75 Å². The fraction of sp³-hybridized carbons (Fsp3) is 0.200. The molecule has 0 bridgehead atoms. The lowest BCUT2D eigenvalue weighted by atomic mass is 10.0. The molecule has 0 unspecified atom stereocenters. The maximum Gasteiger partial charge on any atom is 0.123 e. The molecule has 0 aliphatic carbocycles. The summed E-state index contributed by atoms with van der Waals surface area (Å²) in [6.07, 6.45) is 0. The Kier molecular flexibility index (Phi) is 4.24. The Balaban J connectivity index is 2.35. The van der Waals surface area contributed by atoms with Gasteiger partial charge in [0.05, 0.1) is 7.11 Å².